The Balaban J connectivity index is 1.66. The van der Waals surface area contributed by atoms with Gasteiger partial charge in [0.25, 0.3) is 5.91 Å². The first-order chi connectivity index (χ1) is 25.9. The number of benzene rings is 3. The van der Waals surface area contributed by atoms with Crippen LogP contribution in [0.4, 0.5) is 0 Å². The van der Waals surface area contributed by atoms with Crippen molar-refractivity contribution in [2.24, 2.45) is 5.73 Å². The first-order valence-corrected chi connectivity index (χ1v) is 18.2. The lowest BCUT2D eigenvalue weighted by Gasteiger charge is -2.26. The lowest BCUT2D eigenvalue weighted by molar-refractivity contribution is -0.133. The van der Waals surface area contributed by atoms with Crippen LogP contribution in [0.25, 0.3) is 11.1 Å². The van der Waals surface area contributed by atoms with Gasteiger partial charge >= 0.3 is 0 Å². The molecular weight excluding hydrogens is 690 g/mol. The Morgan fingerprint density at radius 1 is 0.963 bits per heavy atom. The van der Waals surface area contributed by atoms with Crippen LogP contribution in [0.1, 0.15) is 84.6 Å². The zero-order valence-corrected chi connectivity index (χ0v) is 30.8. The molecule has 4 rings (SSSR count). The van der Waals surface area contributed by atoms with E-state index < -0.39 is 53.7 Å². The predicted octanol–water partition coefficient (Wildman–Crippen LogP) is 2.69. The van der Waals surface area contributed by atoms with Crippen LogP contribution in [0.5, 0.6) is 11.5 Å². The number of nitrogens with two attached hydrogens (primary N) is 1. The van der Waals surface area contributed by atoms with Crippen LogP contribution in [-0.2, 0) is 32.0 Å². The maximum atomic E-state index is 13.9. The van der Waals surface area contributed by atoms with Crippen molar-refractivity contribution in [1.82, 2.24) is 26.6 Å². The van der Waals surface area contributed by atoms with Crippen LogP contribution in [0.2, 0.25) is 0 Å². The maximum absolute atomic E-state index is 13.9. The number of nitriles is 1. The molecule has 3 aromatic rings. The van der Waals surface area contributed by atoms with Crippen LogP contribution in [0.15, 0.2) is 54.6 Å². The lowest BCUT2D eigenvalue weighted by Crippen LogP contribution is -2.55. The van der Waals surface area contributed by atoms with Crippen molar-refractivity contribution in [1.29, 1.82) is 5.26 Å². The second-order valence-corrected chi connectivity index (χ2v) is 13.5. The van der Waals surface area contributed by atoms with E-state index in [-0.39, 0.29) is 54.1 Å². The maximum Gasteiger partial charge on any atom is 0.252 e. The molecule has 0 spiro atoms. The van der Waals surface area contributed by atoms with E-state index in [0.717, 1.165) is 43.2 Å². The van der Waals surface area contributed by atoms with Crippen molar-refractivity contribution in [3.63, 3.8) is 0 Å². The Labute approximate surface area is 314 Å². The molecular formula is C40H49N7O7. The molecule has 9 N–H and O–H groups in total. The van der Waals surface area contributed by atoms with E-state index in [0.29, 0.717) is 11.1 Å². The van der Waals surface area contributed by atoms with Gasteiger partial charge in [-0.2, -0.15) is 5.26 Å². The summed E-state index contributed by atoms with van der Waals surface area (Å²) in [6, 6.07) is 11.0. The van der Waals surface area contributed by atoms with E-state index in [1.165, 1.54) is 37.3 Å². The summed E-state index contributed by atoms with van der Waals surface area (Å²) >= 11 is 0. The predicted molar refractivity (Wildman–Crippen MR) is 202 cm³/mol. The topological polar surface area (TPSA) is 236 Å². The Kier molecular flexibility index (Phi) is 14.5. The minimum atomic E-state index is -1.46. The molecule has 1 aliphatic rings. The quantitative estimate of drug-likeness (QED) is 0.0949. The molecule has 3 aromatic carbocycles. The van der Waals surface area contributed by atoms with Gasteiger partial charge in [-0.05, 0) is 92.2 Å². The molecule has 14 heteroatoms. The van der Waals surface area contributed by atoms with Gasteiger partial charge in [-0.1, -0.05) is 50.5 Å². The molecule has 1 aliphatic heterocycles. The summed E-state index contributed by atoms with van der Waals surface area (Å²) < 4.78 is 0. The number of aryl methyl sites for hydroxylation is 2. The van der Waals surface area contributed by atoms with Gasteiger partial charge in [0.1, 0.15) is 42.2 Å². The lowest BCUT2D eigenvalue weighted by atomic mass is 9.94. The summed E-state index contributed by atoms with van der Waals surface area (Å²) in [6.07, 6.45) is 5.36. The molecule has 1 unspecified atom stereocenters. The van der Waals surface area contributed by atoms with Crippen LogP contribution in [0, 0.1) is 18.3 Å². The second kappa shape index (κ2) is 19.2. The van der Waals surface area contributed by atoms with E-state index in [9.17, 15) is 34.2 Å². The highest BCUT2D eigenvalue weighted by atomic mass is 16.3. The molecule has 0 aromatic heterocycles. The number of phenolic OH excluding ortho intramolecular Hbond substituents is 2. The number of unbranched alkanes of at least 4 members (excludes halogenated alkanes) is 3. The molecule has 0 saturated carbocycles. The van der Waals surface area contributed by atoms with Crippen molar-refractivity contribution >= 4 is 29.5 Å². The van der Waals surface area contributed by atoms with Gasteiger partial charge in [0, 0.05) is 23.1 Å². The molecule has 5 amide bonds. The Morgan fingerprint density at radius 2 is 1.69 bits per heavy atom. The zero-order valence-electron chi connectivity index (χ0n) is 30.8. The minimum absolute atomic E-state index is 0.0319. The van der Waals surface area contributed by atoms with Crippen molar-refractivity contribution in [3.8, 4) is 28.7 Å². The molecule has 286 valence electrons. The standard InChI is InChI=1S/C40H49N7O7/c1-4-5-6-7-8-25-9-12-28(23(2)19-25)37(51)45-31(15-16-41)39(53)47-35-27-11-14-34(49)30(22-27)29-20-26(10-13-33(29)48)21-32(38(52)43-18-17-42)46-36(50)24(3)44-40(35)54/h9-14,19-20,22,24,31-32,35,48-49H,4-8,15-16,18,21,41H2,1-3H3,(H,43,52)(H,44,54)(H,45,51)(H,46,50)(H,47,53)/t24-,31?,32-,35-/m0/s1. The van der Waals surface area contributed by atoms with Crippen molar-refractivity contribution in [2.75, 3.05) is 13.1 Å². The van der Waals surface area contributed by atoms with Gasteiger partial charge in [0.05, 0.1) is 6.07 Å². The number of amides is 5. The van der Waals surface area contributed by atoms with E-state index in [1.807, 2.05) is 25.1 Å². The molecule has 1 heterocycles. The van der Waals surface area contributed by atoms with Crippen LogP contribution < -0.4 is 32.3 Å². The number of carbonyl (C=O) groups is 5. The number of hydrogen-bond donors (Lipinski definition) is 8. The van der Waals surface area contributed by atoms with Crippen molar-refractivity contribution in [2.45, 2.75) is 89.9 Å². The highest BCUT2D eigenvalue weighted by Crippen LogP contribution is 2.38. The number of rotatable bonds is 13. The summed E-state index contributed by atoms with van der Waals surface area (Å²) in [4.78, 5) is 67.7. The fourth-order valence-electron chi connectivity index (χ4n) is 6.34. The van der Waals surface area contributed by atoms with E-state index in [1.54, 1.807) is 12.1 Å². The van der Waals surface area contributed by atoms with Crippen molar-refractivity contribution in [3.05, 3.63) is 82.4 Å². The molecule has 14 nitrogen and oxygen atoms in total. The Morgan fingerprint density at radius 3 is 2.37 bits per heavy atom. The molecule has 54 heavy (non-hydrogen) atoms. The smallest absolute Gasteiger partial charge is 0.252 e. The number of nitrogens with one attached hydrogen (secondary N) is 5. The average Bonchev–Trinajstić information content (AvgIpc) is 3.14. The summed E-state index contributed by atoms with van der Waals surface area (Å²) in [5.74, 6) is -3.88. The number of nitrogens with zero attached hydrogens (tertiary/aromatic N) is 1. The first-order valence-electron chi connectivity index (χ1n) is 18.2. The zero-order chi connectivity index (χ0) is 39.4. The molecule has 0 radical (unpaired) electrons. The van der Waals surface area contributed by atoms with E-state index in [2.05, 4.69) is 33.5 Å². The fourth-order valence-corrected chi connectivity index (χ4v) is 6.34. The highest BCUT2D eigenvalue weighted by Gasteiger charge is 2.32. The summed E-state index contributed by atoms with van der Waals surface area (Å²) in [5.41, 5.74) is 9.08. The fraction of sp³-hybridized carbons (Fsp3) is 0.400. The third kappa shape index (κ3) is 10.6. The summed E-state index contributed by atoms with van der Waals surface area (Å²) in [6.45, 7) is 5.11. The van der Waals surface area contributed by atoms with Gasteiger partial charge < -0.3 is 42.5 Å². The SMILES string of the molecule is CCCCCCc1ccc(C(=O)NC(CCN)C(=O)N[C@@H]2C(=O)N[C@@H](C)C(=O)N[C@H](C(=O)NCC#N)Cc3ccc(O)c(c3)-c3cc2ccc3O)c(C)c1. The number of hydrogen-bond acceptors (Lipinski definition) is 9. The average molecular weight is 740 g/mol. The third-order valence-electron chi connectivity index (χ3n) is 9.35. The molecule has 4 bridgehead atoms. The number of aromatic hydroxyl groups is 2. The van der Waals surface area contributed by atoms with E-state index in [4.69, 9.17) is 11.0 Å². The Hall–Kier alpha value is -5.94. The van der Waals surface area contributed by atoms with Gasteiger partial charge in [0.2, 0.25) is 23.6 Å². The molecule has 4 atom stereocenters. The molecule has 0 aliphatic carbocycles. The summed E-state index contributed by atoms with van der Waals surface area (Å²) in [7, 11) is 0. The summed E-state index contributed by atoms with van der Waals surface area (Å²) in [5, 5.41) is 43.8. The van der Waals surface area contributed by atoms with Gasteiger partial charge in [-0.15, -0.1) is 0 Å². The van der Waals surface area contributed by atoms with Crippen LogP contribution in [-0.4, -0.2) is 71.0 Å². The normalized spacial score (nSPS) is 17.5. The van der Waals surface area contributed by atoms with Gasteiger partial charge in [-0.25, -0.2) is 0 Å². The van der Waals surface area contributed by atoms with Crippen LogP contribution in [0.3, 0.4) is 0 Å². The van der Waals surface area contributed by atoms with E-state index >= 15 is 0 Å². The minimum Gasteiger partial charge on any atom is -0.507 e. The van der Waals surface area contributed by atoms with Crippen molar-refractivity contribution < 1.29 is 34.2 Å². The number of phenols is 2. The number of fused-ring (bicyclic) bond motifs is 5. The highest BCUT2D eigenvalue weighted by molar-refractivity contribution is 6.00. The monoisotopic (exact) mass is 739 g/mol. The Bertz CT molecular complexity index is 1910. The molecule has 0 saturated heterocycles. The van der Waals surface area contributed by atoms with Crippen LogP contribution >= 0.6 is 0 Å². The van der Waals surface area contributed by atoms with Gasteiger partial charge in [-0.3, -0.25) is 24.0 Å². The number of carbonyl (C=O) groups excluding carboxylic acids is 5. The van der Waals surface area contributed by atoms with Gasteiger partial charge in [0.15, 0.2) is 0 Å². The third-order valence-corrected chi connectivity index (χ3v) is 9.35. The second-order valence-electron chi connectivity index (χ2n) is 13.5. The first kappa shape index (κ1) is 40.8. The largest absolute Gasteiger partial charge is 0.507 e. The molecule has 0 fully saturated rings.